The Morgan fingerprint density at radius 3 is 2.52 bits per heavy atom. The van der Waals surface area contributed by atoms with Crippen molar-refractivity contribution in [2.24, 2.45) is 0 Å². The first kappa shape index (κ1) is 16.9. The van der Waals surface area contributed by atoms with Gasteiger partial charge in [0.05, 0.1) is 12.7 Å². The van der Waals surface area contributed by atoms with Crippen molar-refractivity contribution in [3.63, 3.8) is 0 Å². The smallest absolute Gasteiger partial charge is 0.341 e. The van der Waals surface area contributed by atoms with Gasteiger partial charge in [-0.15, -0.1) is 0 Å². The first-order chi connectivity index (χ1) is 9.79. The van der Waals surface area contributed by atoms with Gasteiger partial charge in [-0.1, -0.05) is 6.92 Å². The van der Waals surface area contributed by atoms with Crippen molar-refractivity contribution in [3.8, 4) is 5.75 Å². The molecule has 116 valence electrons. The van der Waals surface area contributed by atoms with E-state index in [0.29, 0.717) is 5.75 Å². The van der Waals surface area contributed by atoms with Crippen molar-refractivity contribution >= 4 is 11.9 Å². The van der Waals surface area contributed by atoms with Gasteiger partial charge < -0.3 is 14.8 Å². The molecule has 1 N–H and O–H groups in total. The minimum atomic E-state index is -0.889. The Kier molecular flexibility index (Phi) is 5.69. The average molecular weight is 297 g/mol. The number of methoxy groups -OCH3 is 1. The van der Waals surface area contributed by atoms with E-state index in [2.05, 4.69) is 5.32 Å². The molecule has 0 bridgehead atoms. The fourth-order valence-electron chi connectivity index (χ4n) is 1.50. The van der Waals surface area contributed by atoms with Crippen LogP contribution in [0.15, 0.2) is 18.2 Å². The minimum absolute atomic E-state index is 0.238. The normalized spacial score (nSPS) is 10.9. The molecule has 1 aromatic rings. The lowest BCUT2D eigenvalue weighted by molar-refractivity contribution is -0.125. The molecule has 5 nitrogen and oxygen atoms in total. The largest absolute Gasteiger partial charge is 0.497 e. The van der Waals surface area contributed by atoms with Gasteiger partial charge in [0.25, 0.3) is 5.91 Å². The number of nitrogens with one attached hydrogen (secondary N) is 1. The van der Waals surface area contributed by atoms with Crippen LogP contribution in [0.2, 0.25) is 0 Å². The van der Waals surface area contributed by atoms with E-state index in [0.717, 1.165) is 12.5 Å². The molecule has 0 fully saturated rings. The average Bonchev–Trinajstić information content (AvgIpc) is 2.44. The molecule has 1 aromatic carbocycles. The number of hydrogen-bond acceptors (Lipinski definition) is 4. The van der Waals surface area contributed by atoms with E-state index in [1.54, 1.807) is 0 Å². The third-order valence-electron chi connectivity index (χ3n) is 3.09. The van der Waals surface area contributed by atoms with E-state index in [1.165, 1.54) is 19.2 Å². The maximum atomic E-state index is 13.7. The number of halogens is 1. The van der Waals surface area contributed by atoms with Crippen LogP contribution < -0.4 is 10.1 Å². The number of rotatable bonds is 6. The van der Waals surface area contributed by atoms with Crippen molar-refractivity contribution in [3.05, 3.63) is 29.6 Å². The van der Waals surface area contributed by atoms with Gasteiger partial charge in [-0.05, 0) is 32.4 Å². The second-order valence-corrected chi connectivity index (χ2v) is 5.21. The van der Waals surface area contributed by atoms with Crippen LogP contribution in [0.1, 0.15) is 37.6 Å². The third-order valence-corrected chi connectivity index (χ3v) is 3.09. The molecule has 1 amide bonds. The first-order valence-corrected chi connectivity index (χ1v) is 6.60. The van der Waals surface area contributed by atoms with Crippen LogP contribution in [-0.4, -0.2) is 31.1 Å². The molecule has 0 saturated heterocycles. The van der Waals surface area contributed by atoms with Crippen LogP contribution in [0.5, 0.6) is 5.75 Å². The third kappa shape index (κ3) is 5.06. The predicted octanol–water partition coefficient (Wildman–Crippen LogP) is 2.30. The summed E-state index contributed by atoms with van der Waals surface area (Å²) in [5, 5.41) is 2.72. The number of hydrogen-bond donors (Lipinski definition) is 1. The summed E-state index contributed by atoms with van der Waals surface area (Å²) < 4.78 is 23.3. The molecule has 0 aromatic heterocycles. The van der Waals surface area contributed by atoms with E-state index in [9.17, 15) is 14.0 Å². The number of amides is 1. The van der Waals surface area contributed by atoms with Crippen LogP contribution in [0, 0.1) is 5.82 Å². The highest BCUT2D eigenvalue weighted by Crippen LogP contribution is 2.17. The molecule has 0 heterocycles. The Balaban J connectivity index is 2.60. The Morgan fingerprint density at radius 2 is 2.00 bits per heavy atom. The zero-order chi connectivity index (χ0) is 16.0. The number of esters is 1. The van der Waals surface area contributed by atoms with E-state index < -0.39 is 24.3 Å². The molecule has 0 aliphatic rings. The summed E-state index contributed by atoms with van der Waals surface area (Å²) in [6, 6.07) is 3.78. The summed E-state index contributed by atoms with van der Waals surface area (Å²) >= 11 is 0. The van der Waals surface area contributed by atoms with E-state index in [4.69, 9.17) is 9.47 Å². The summed E-state index contributed by atoms with van der Waals surface area (Å²) in [5.74, 6) is -1.77. The molecular weight excluding hydrogens is 277 g/mol. The zero-order valence-electron chi connectivity index (χ0n) is 12.7. The van der Waals surface area contributed by atoms with Gasteiger partial charge in [-0.25, -0.2) is 9.18 Å². The standard InChI is InChI=1S/C15H20FNO4/c1-5-15(2,3)17-13(18)9-21-14(19)11-7-6-10(20-4)8-12(11)16/h6-8H,5,9H2,1-4H3,(H,17,18). The van der Waals surface area contributed by atoms with Gasteiger partial charge in [-0.3, -0.25) is 4.79 Å². The lowest BCUT2D eigenvalue weighted by Crippen LogP contribution is -2.44. The molecule has 0 unspecified atom stereocenters. The molecule has 1 rings (SSSR count). The minimum Gasteiger partial charge on any atom is -0.497 e. The second-order valence-electron chi connectivity index (χ2n) is 5.21. The molecule has 21 heavy (non-hydrogen) atoms. The van der Waals surface area contributed by atoms with E-state index in [-0.39, 0.29) is 11.1 Å². The van der Waals surface area contributed by atoms with Crippen molar-refractivity contribution in [2.75, 3.05) is 13.7 Å². The van der Waals surface area contributed by atoms with Gasteiger partial charge in [0.15, 0.2) is 6.61 Å². The first-order valence-electron chi connectivity index (χ1n) is 6.60. The highest BCUT2D eigenvalue weighted by atomic mass is 19.1. The second kappa shape index (κ2) is 7.06. The molecular formula is C15H20FNO4. The van der Waals surface area contributed by atoms with Crippen LogP contribution in [0.4, 0.5) is 4.39 Å². The number of carbonyl (C=O) groups is 2. The van der Waals surface area contributed by atoms with Crippen LogP contribution in [0.25, 0.3) is 0 Å². The molecule has 0 saturated carbocycles. The van der Waals surface area contributed by atoms with Gasteiger partial charge in [-0.2, -0.15) is 0 Å². The van der Waals surface area contributed by atoms with Gasteiger partial charge in [0.2, 0.25) is 0 Å². The molecule has 0 radical (unpaired) electrons. The summed E-state index contributed by atoms with van der Waals surface area (Å²) in [6.07, 6.45) is 0.736. The maximum absolute atomic E-state index is 13.7. The Morgan fingerprint density at radius 1 is 1.33 bits per heavy atom. The molecule has 0 aliphatic carbocycles. The van der Waals surface area contributed by atoms with Gasteiger partial charge in [0, 0.05) is 11.6 Å². The number of benzene rings is 1. The van der Waals surface area contributed by atoms with Crippen LogP contribution in [0.3, 0.4) is 0 Å². The van der Waals surface area contributed by atoms with Crippen molar-refractivity contribution in [1.29, 1.82) is 0 Å². The fourth-order valence-corrected chi connectivity index (χ4v) is 1.50. The summed E-state index contributed by atoms with van der Waals surface area (Å²) in [6.45, 7) is 5.19. The van der Waals surface area contributed by atoms with Crippen LogP contribution in [-0.2, 0) is 9.53 Å². The molecule has 0 atom stereocenters. The lowest BCUT2D eigenvalue weighted by atomic mass is 10.0. The quantitative estimate of drug-likeness (QED) is 0.818. The summed E-state index contributed by atoms with van der Waals surface area (Å²) in [7, 11) is 1.40. The van der Waals surface area contributed by atoms with Gasteiger partial charge >= 0.3 is 5.97 Å². The highest BCUT2D eigenvalue weighted by molar-refractivity contribution is 5.91. The lowest BCUT2D eigenvalue weighted by Gasteiger charge is -2.24. The SMILES string of the molecule is CCC(C)(C)NC(=O)COC(=O)c1ccc(OC)cc1F. The summed E-state index contributed by atoms with van der Waals surface area (Å²) in [5.41, 5.74) is -0.618. The molecule has 0 aliphatic heterocycles. The van der Waals surface area contributed by atoms with Crippen molar-refractivity contribution < 1.29 is 23.5 Å². The number of ether oxygens (including phenoxy) is 2. The highest BCUT2D eigenvalue weighted by Gasteiger charge is 2.20. The molecule has 6 heteroatoms. The number of carbonyl (C=O) groups excluding carboxylic acids is 2. The Labute approximate surface area is 123 Å². The van der Waals surface area contributed by atoms with E-state index in [1.807, 2.05) is 20.8 Å². The van der Waals surface area contributed by atoms with Crippen molar-refractivity contribution in [2.45, 2.75) is 32.7 Å². The predicted molar refractivity (Wildman–Crippen MR) is 75.7 cm³/mol. The maximum Gasteiger partial charge on any atom is 0.341 e. The Bertz CT molecular complexity index is 528. The zero-order valence-corrected chi connectivity index (χ0v) is 12.7. The van der Waals surface area contributed by atoms with Gasteiger partial charge in [0.1, 0.15) is 11.6 Å². The fraction of sp³-hybridized carbons (Fsp3) is 0.467. The summed E-state index contributed by atoms with van der Waals surface area (Å²) in [4.78, 5) is 23.4. The topological polar surface area (TPSA) is 64.6 Å². The molecule has 0 spiro atoms. The van der Waals surface area contributed by atoms with Crippen LogP contribution >= 0.6 is 0 Å². The Hall–Kier alpha value is -2.11. The monoisotopic (exact) mass is 297 g/mol. The van der Waals surface area contributed by atoms with E-state index >= 15 is 0 Å². The van der Waals surface area contributed by atoms with Crippen molar-refractivity contribution in [1.82, 2.24) is 5.32 Å².